The monoisotopic (exact) mass is 488 g/mol. The number of allylic oxidation sites excluding steroid dienone is 1. The lowest BCUT2D eigenvalue weighted by Crippen LogP contribution is -2.49. The predicted octanol–water partition coefficient (Wildman–Crippen LogP) is 5.46. The predicted molar refractivity (Wildman–Crippen MR) is 120 cm³/mol. The summed E-state index contributed by atoms with van der Waals surface area (Å²) in [4.78, 5) is 26.2. The number of halogens is 3. The fraction of sp³-hybridized carbons (Fsp3) is 0.381. The highest BCUT2D eigenvalue weighted by atomic mass is 35.5. The molecule has 0 bridgehead atoms. The van der Waals surface area contributed by atoms with E-state index in [0.29, 0.717) is 11.8 Å². The SMILES string of the molecule is COc1c(Cl)cccc1NC(=S)C1=C(O)C(CC=C(F)F)CN(C(=O)OC(C)(C)C)C1=O. The fourth-order valence-corrected chi connectivity index (χ4v) is 3.50. The molecular weight excluding hydrogens is 466 g/mol. The van der Waals surface area contributed by atoms with Gasteiger partial charge in [-0.1, -0.05) is 29.9 Å². The molecule has 11 heteroatoms. The first-order valence-corrected chi connectivity index (χ1v) is 10.3. The molecule has 174 valence electrons. The van der Waals surface area contributed by atoms with Gasteiger partial charge in [-0.15, -0.1) is 0 Å². The first-order chi connectivity index (χ1) is 14.9. The Morgan fingerprint density at radius 2 is 2.06 bits per heavy atom. The van der Waals surface area contributed by atoms with Crippen LogP contribution in [0, 0.1) is 5.92 Å². The molecule has 0 radical (unpaired) electrons. The molecule has 1 aliphatic heterocycles. The van der Waals surface area contributed by atoms with Gasteiger partial charge < -0.3 is 19.9 Å². The number of amides is 2. The lowest BCUT2D eigenvalue weighted by atomic mass is 9.93. The fourth-order valence-electron chi connectivity index (χ4n) is 2.94. The highest BCUT2D eigenvalue weighted by Crippen LogP contribution is 2.34. The normalized spacial score (nSPS) is 16.5. The minimum absolute atomic E-state index is 0.239. The van der Waals surface area contributed by atoms with Gasteiger partial charge in [0.05, 0.1) is 17.8 Å². The summed E-state index contributed by atoms with van der Waals surface area (Å²) >= 11 is 11.4. The van der Waals surface area contributed by atoms with E-state index in [1.54, 1.807) is 39.0 Å². The van der Waals surface area contributed by atoms with Crippen LogP contribution in [0.3, 0.4) is 0 Å². The third kappa shape index (κ3) is 6.17. The van der Waals surface area contributed by atoms with Crippen LogP contribution >= 0.6 is 23.8 Å². The van der Waals surface area contributed by atoms with E-state index in [9.17, 15) is 23.5 Å². The molecule has 2 amide bonds. The van der Waals surface area contributed by atoms with Crippen LogP contribution in [-0.2, 0) is 9.53 Å². The van der Waals surface area contributed by atoms with E-state index < -0.39 is 40.9 Å². The van der Waals surface area contributed by atoms with Crippen LogP contribution in [0.4, 0.5) is 19.3 Å². The Hall–Kier alpha value is -2.72. The third-order valence-electron chi connectivity index (χ3n) is 4.32. The molecule has 1 aliphatic rings. The molecule has 7 nitrogen and oxygen atoms in total. The Morgan fingerprint density at radius 1 is 1.41 bits per heavy atom. The van der Waals surface area contributed by atoms with E-state index in [4.69, 9.17) is 33.3 Å². The number of aliphatic hydroxyl groups is 1. The summed E-state index contributed by atoms with van der Waals surface area (Å²) in [5.41, 5.74) is -1.01. The number of anilines is 1. The zero-order valence-corrected chi connectivity index (χ0v) is 19.4. The van der Waals surface area contributed by atoms with Gasteiger partial charge in [0.15, 0.2) is 5.75 Å². The van der Waals surface area contributed by atoms with Gasteiger partial charge in [-0.2, -0.15) is 8.78 Å². The number of benzene rings is 1. The Bertz CT molecular complexity index is 987. The number of methoxy groups -OCH3 is 1. The highest BCUT2D eigenvalue weighted by Gasteiger charge is 2.40. The lowest BCUT2D eigenvalue weighted by molar-refractivity contribution is -0.127. The molecule has 1 aromatic carbocycles. The molecular formula is C21H23ClF2N2O5S. The summed E-state index contributed by atoms with van der Waals surface area (Å²) in [5, 5.41) is 13.7. The maximum Gasteiger partial charge on any atom is 0.417 e. The number of hydrogen-bond donors (Lipinski definition) is 2. The van der Waals surface area contributed by atoms with E-state index in [1.807, 2.05) is 0 Å². The number of nitrogens with zero attached hydrogens (tertiary/aromatic N) is 1. The van der Waals surface area contributed by atoms with Gasteiger partial charge in [-0.25, -0.2) is 9.69 Å². The number of imide groups is 1. The van der Waals surface area contributed by atoms with Crippen molar-refractivity contribution in [3.8, 4) is 5.75 Å². The summed E-state index contributed by atoms with van der Waals surface area (Å²) in [7, 11) is 1.38. The minimum Gasteiger partial charge on any atom is -0.511 e. The number of carbonyl (C=O) groups excluding carboxylic acids is 2. The maximum absolute atomic E-state index is 13.1. The van der Waals surface area contributed by atoms with E-state index in [-0.39, 0.29) is 28.7 Å². The Balaban J connectivity index is 2.45. The molecule has 1 heterocycles. The van der Waals surface area contributed by atoms with Crippen LogP contribution in [0.25, 0.3) is 0 Å². The first kappa shape index (κ1) is 25.5. The summed E-state index contributed by atoms with van der Waals surface area (Å²) in [6.45, 7) is 4.49. The number of rotatable bonds is 5. The number of hydrogen-bond acceptors (Lipinski definition) is 6. The van der Waals surface area contributed by atoms with Crippen molar-refractivity contribution in [3.05, 3.63) is 46.7 Å². The van der Waals surface area contributed by atoms with Gasteiger partial charge >= 0.3 is 6.09 Å². The van der Waals surface area contributed by atoms with Gasteiger partial charge in [-0.3, -0.25) is 4.79 Å². The zero-order chi connectivity index (χ0) is 24.2. The number of nitrogens with one attached hydrogen (secondary N) is 1. The van der Waals surface area contributed by atoms with Crippen LogP contribution in [0.15, 0.2) is 41.7 Å². The third-order valence-corrected chi connectivity index (χ3v) is 4.93. The van der Waals surface area contributed by atoms with E-state index in [1.165, 1.54) is 7.11 Å². The molecule has 1 aromatic rings. The van der Waals surface area contributed by atoms with Crippen molar-refractivity contribution >= 4 is 46.5 Å². The van der Waals surface area contributed by atoms with Gasteiger partial charge in [-0.05, 0) is 45.4 Å². The van der Waals surface area contributed by atoms with Crippen LogP contribution in [-0.4, -0.2) is 46.3 Å². The number of ether oxygens (including phenoxy) is 2. The van der Waals surface area contributed by atoms with Gasteiger partial charge in [0.2, 0.25) is 0 Å². The number of aliphatic hydroxyl groups excluding tert-OH is 1. The average molecular weight is 489 g/mol. The quantitative estimate of drug-likeness (QED) is 0.532. The Kier molecular flexibility index (Phi) is 8.19. The number of para-hydroxylation sites is 1. The Morgan fingerprint density at radius 3 is 2.62 bits per heavy atom. The number of carbonyl (C=O) groups is 2. The van der Waals surface area contributed by atoms with Gasteiger partial charge in [0, 0.05) is 12.5 Å². The molecule has 32 heavy (non-hydrogen) atoms. The maximum atomic E-state index is 13.1. The van der Waals surface area contributed by atoms with Crippen molar-refractivity contribution in [2.24, 2.45) is 5.92 Å². The minimum atomic E-state index is -1.95. The van der Waals surface area contributed by atoms with Crippen molar-refractivity contribution in [2.75, 3.05) is 19.0 Å². The van der Waals surface area contributed by atoms with Crippen LogP contribution in [0.2, 0.25) is 5.02 Å². The van der Waals surface area contributed by atoms with Crippen molar-refractivity contribution in [1.82, 2.24) is 4.90 Å². The van der Waals surface area contributed by atoms with E-state index in [2.05, 4.69) is 5.32 Å². The molecule has 0 fully saturated rings. The summed E-state index contributed by atoms with van der Waals surface area (Å²) in [6, 6.07) is 4.76. The molecule has 0 saturated carbocycles. The van der Waals surface area contributed by atoms with Gasteiger partial charge in [0.25, 0.3) is 12.0 Å². The largest absolute Gasteiger partial charge is 0.511 e. The number of thiocarbonyl (C=S) groups is 1. The van der Waals surface area contributed by atoms with Crippen LogP contribution < -0.4 is 10.1 Å². The highest BCUT2D eigenvalue weighted by molar-refractivity contribution is 7.81. The summed E-state index contributed by atoms with van der Waals surface area (Å²) in [6.07, 6.45) is -2.67. The van der Waals surface area contributed by atoms with Crippen molar-refractivity contribution in [3.63, 3.8) is 0 Å². The molecule has 1 unspecified atom stereocenters. The van der Waals surface area contributed by atoms with E-state index >= 15 is 0 Å². The first-order valence-electron chi connectivity index (χ1n) is 9.48. The van der Waals surface area contributed by atoms with Gasteiger partial charge in [0.1, 0.15) is 21.9 Å². The second-order valence-corrected chi connectivity index (χ2v) is 8.67. The molecule has 0 aromatic heterocycles. The van der Waals surface area contributed by atoms with Crippen LogP contribution in [0.1, 0.15) is 27.2 Å². The van der Waals surface area contributed by atoms with Crippen molar-refractivity contribution in [1.29, 1.82) is 0 Å². The topological polar surface area (TPSA) is 88.1 Å². The van der Waals surface area contributed by atoms with Crippen molar-refractivity contribution in [2.45, 2.75) is 32.8 Å². The molecule has 0 spiro atoms. The Labute approximate surface area is 194 Å². The van der Waals surface area contributed by atoms with Crippen LogP contribution in [0.5, 0.6) is 5.75 Å². The molecule has 1 atom stereocenters. The average Bonchev–Trinajstić information content (AvgIpc) is 2.66. The smallest absolute Gasteiger partial charge is 0.417 e. The molecule has 0 saturated heterocycles. The summed E-state index contributed by atoms with van der Waals surface area (Å²) in [5.74, 6) is -2.19. The standard InChI is InChI=1S/C21H23ClF2N2O5S/c1-21(2,3)31-20(29)26-10-11(8-9-14(23)24)16(27)15(19(26)28)18(32)25-13-7-5-6-12(22)17(13)30-4/h5-7,9,11,27H,8,10H2,1-4H3,(H,25,32). The molecule has 0 aliphatic carbocycles. The van der Waals surface area contributed by atoms with E-state index in [0.717, 1.165) is 4.90 Å². The second-order valence-electron chi connectivity index (χ2n) is 7.86. The molecule has 2 N–H and O–H groups in total. The lowest BCUT2D eigenvalue weighted by Gasteiger charge is -2.33. The van der Waals surface area contributed by atoms with Crippen molar-refractivity contribution < 1.29 is 33.0 Å². The molecule has 2 rings (SSSR count). The summed E-state index contributed by atoms with van der Waals surface area (Å²) < 4.78 is 35.8. The zero-order valence-electron chi connectivity index (χ0n) is 17.9. The second kappa shape index (κ2) is 10.3.